The normalized spacial score (nSPS) is 33.1. The molecule has 1 amide bonds. The Morgan fingerprint density at radius 2 is 2.12 bits per heavy atom. The molecule has 2 saturated carbocycles. The second kappa shape index (κ2) is 5.38. The zero-order valence-electron chi connectivity index (χ0n) is 11.0. The molecule has 2 rings (SSSR count). The molecule has 98 valence electrons. The number of hydrogen-bond donors (Lipinski definition) is 2. The Morgan fingerprint density at radius 1 is 1.35 bits per heavy atom. The first-order valence-electron chi connectivity index (χ1n) is 7.01. The Hall–Kier alpha value is -0.570. The van der Waals surface area contributed by atoms with Gasteiger partial charge in [-0.3, -0.25) is 4.79 Å². The molecule has 4 unspecified atom stereocenters. The van der Waals surface area contributed by atoms with Crippen molar-refractivity contribution in [2.45, 2.75) is 52.1 Å². The van der Waals surface area contributed by atoms with Gasteiger partial charge in [-0.25, -0.2) is 0 Å². The van der Waals surface area contributed by atoms with Crippen molar-refractivity contribution in [3.8, 4) is 0 Å². The number of carbonyl (C=O) groups excluding carboxylic acids is 1. The van der Waals surface area contributed by atoms with E-state index in [0.717, 1.165) is 11.8 Å². The van der Waals surface area contributed by atoms with Gasteiger partial charge in [0, 0.05) is 13.0 Å². The maximum absolute atomic E-state index is 11.8. The van der Waals surface area contributed by atoms with Gasteiger partial charge in [0.25, 0.3) is 0 Å². The van der Waals surface area contributed by atoms with Crippen LogP contribution in [0.15, 0.2) is 0 Å². The lowest BCUT2D eigenvalue weighted by Crippen LogP contribution is -2.36. The summed E-state index contributed by atoms with van der Waals surface area (Å²) >= 11 is 0. The van der Waals surface area contributed by atoms with E-state index < -0.39 is 6.10 Å². The molecule has 0 aliphatic heterocycles. The average Bonchev–Trinajstić information content (AvgIpc) is 2.87. The highest BCUT2D eigenvalue weighted by Gasteiger charge is 2.40. The van der Waals surface area contributed by atoms with E-state index in [1.54, 1.807) is 0 Å². The molecule has 17 heavy (non-hydrogen) atoms. The van der Waals surface area contributed by atoms with Crippen LogP contribution in [0.25, 0.3) is 0 Å². The van der Waals surface area contributed by atoms with Crippen LogP contribution in [0.2, 0.25) is 0 Å². The van der Waals surface area contributed by atoms with Gasteiger partial charge in [-0.1, -0.05) is 20.3 Å². The summed E-state index contributed by atoms with van der Waals surface area (Å²) in [4.78, 5) is 11.8. The van der Waals surface area contributed by atoms with Gasteiger partial charge in [0.05, 0.1) is 6.10 Å². The van der Waals surface area contributed by atoms with Crippen molar-refractivity contribution in [3.05, 3.63) is 0 Å². The molecule has 0 saturated heterocycles. The maximum Gasteiger partial charge on any atom is 0.220 e. The number of carbonyl (C=O) groups is 1. The molecular formula is C14H25NO2. The van der Waals surface area contributed by atoms with E-state index >= 15 is 0 Å². The fourth-order valence-corrected chi connectivity index (χ4v) is 3.39. The predicted molar refractivity (Wildman–Crippen MR) is 67.4 cm³/mol. The van der Waals surface area contributed by atoms with Crippen LogP contribution in [0.4, 0.5) is 0 Å². The Kier molecular flexibility index (Phi) is 4.08. The topological polar surface area (TPSA) is 49.3 Å². The van der Waals surface area contributed by atoms with Gasteiger partial charge < -0.3 is 10.4 Å². The second-order valence-electron chi connectivity index (χ2n) is 6.25. The Balaban J connectivity index is 1.67. The number of aliphatic hydroxyl groups is 1. The zero-order chi connectivity index (χ0) is 12.4. The van der Waals surface area contributed by atoms with Crippen molar-refractivity contribution in [2.75, 3.05) is 6.54 Å². The van der Waals surface area contributed by atoms with Crippen LogP contribution in [0, 0.1) is 23.7 Å². The Morgan fingerprint density at radius 3 is 2.65 bits per heavy atom. The van der Waals surface area contributed by atoms with Crippen LogP contribution < -0.4 is 5.32 Å². The summed E-state index contributed by atoms with van der Waals surface area (Å²) in [7, 11) is 0. The van der Waals surface area contributed by atoms with Gasteiger partial charge in [0.15, 0.2) is 0 Å². The van der Waals surface area contributed by atoms with Crippen molar-refractivity contribution in [1.29, 1.82) is 0 Å². The number of hydrogen-bond acceptors (Lipinski definition) is 2. The molecule has 0 heterocycles. The van der Waals surface area contributed by atoms with Crippen LogP contribution in [-0.4, -0.2) is 23.7 Å². The van der Waals surface area contributed by atoms with E-state index in [-0.39, 0.29) is 11.8 Å². The quantitative estimate of drug-likeness (QED) is 0.770. The first kappa shape index (κ1) is 12.9. The summed E-state index contributed by atoms with van der Waals surface area (Å²) in [5.41, 5.74) is 0. The first-order chi connectivity index (χ1) is 8.06. The molecule has 0 radical (unpaired) electrons. The van der Waals surface area contributed by atoms with Crippen molar-refractivity contribution >= 4 is 5.91 Å². The fraction of sp³-hybridized carbons (Fsp3) is 0.929. The highest BCUT2D eigenvalue weighted by Crippen LogP contribution is 2.49. The highest BCUT2D eigenvalue weighted by atomic mass is 16.3. The molecule has 3 nitrogen and oxygen atoms in total. The number of fused-ring (bicyclic) bond motifs is 2. The molecule has 2 fully saturated rings. The SMILES string of the molecule is CC(C)C(O)CNC(=O)CC1CC2CCC1C2. The summed E-state index contributed by atoms with van der Waals surface area (Å²) in [5.74, 6) is 2.66. The van der Waals surface area contributed by atoms with Gasteiger partial charge in [0.1, 0.15) is 0 Å². The summed E-state index contributed by atoms with van der Waals surface area (Å²) in [6.07, 6.45) is 5.58. The van der Waals surface area contributed by atoms with Crippen LogP contribution in [-0.2, 0) is 4.79 Å². The number of amides is 1. The zero-order valence-corrected chi connectivity index (χ0v) is 11.0. The summed E-state index contributed by atoms with van der Waals surface area (Å²) < 4.78 is 0. The lowest BCUT2D eigenvalue weighted by molar-refractivity contribution is -0.123. The summed E-state index contributed by atoms with van der Waals surface area (Å²) in [6.45, 7) is 4.33. The monoisotopic (exact) mass is 239 g/mol. The average molecular weight is 239 g/mol. The van der Waals surface area contributed by atoms with E-state index in [1.165, 1.54) is 25.7 Å². The summed E-state index contributed by atoms with van der Waals surface area (Å²) in [6, 6.07) is 0. The molecule has 2 N–H and O–H groups in total. The summed E-state index contributed by atoms with van der Waals surface area (Å²) in [5, 5.41) is 12.5. The third-order valence-electron chi connectivity index (χ3n) is 4.61. The van der Waals surface area contributed by atoms with Crippen molar-refractivity contribution in [3.63, 3.8) is 0 Å². The number of nitrogens with one attached hydrogen (secondary N) is 1. The molecule has 2 aliphatic rings. The number of rotatable bonds is 5. The van der Waals surface area contributed by atoms with Crippen molar-refractivity contribution in [2.24, 2.45) is 23.7 Å². The van der Waals surface area contributed by atoms with Crippen LogP contribution in [0.5, 0.6) is 0 Å². The van der Waals surface area contributed by atoms with Crippen molar-refractivity contribution < 1.29 is 9.90 Å². The predicted octanol–water partition coefficient (Wildman–Crippen LogP) is 1.95. The largest absolute Gasteiger partial charge is 0.391 e. The molecule has 3 heteroatoms. The molecule has 2 bridgehead atoms. The van der Waals surface area contributed by atoms with Gasteiger partial charge in [0.2, 0.25) is 5.91 Å². The standard InChI is InChI=1S/C14H25NO2/c1-9(2)13(16)8-15-14(17)7-12-6-10-3-4-11(12)5-10/h9-13,16H,3-8H2,1-2H3,(H,15,17). The molecular weight excluding hydrogens is 214 g/mol. The molecule has 0 aromatic carbocycles. The molecule has 4 atom stereocenters. The van der Waals surface area contributed by atoms with E-state index in [9.17, 15) is 9.90 Å². The molecule has 0 aromatic rings. The molecule has 0 aromatic heterocycles. The van der Waals surface area contributed by atoms with E-state index in [2.05, 4.69) is 5.32 Å². The van der Waals surface area contributed by atoms with E-state index in [0.29, 0.717) is 18.9 Å². The van der Waals surface area contributed by atoms with E-state index in [4.69, 9.17) is 0 Å². The third-order valence-corrected chi connectivity index (χ3v) is 4.61. The minimum Gasteiger partial charge on any atom is -0.391 e. The van der Waals surface area contributed by atoms with Crippen LogP contribution in [0.3, 0.4) is 0 Å². The van der Waals surface area contributed by atoms with Crippen molar-refractivity contribution in [1.82, 2.24) is 5.32 Å². The van der Waals surface area contributed by atoms with Gasteiger partial charge >= 0.3 is 0 Å². The van der Waals surface area contributed by atoms with Gasteiger partial charge in [-0.2, -0.15) is 0 Å². The minimum atomic E-state index is -0.418. The molecule has 0 spiro atoms. The lowest BCUT2D eigenvalue weighted by Gasteiger charge is -2.21. The Bertz CT molecular complexity index is 277. The van der Waals surface area contributed by atoms with Gasteiger partial charge in [-0.15, -0.1) is 0 Å². The van der Waals surface area contributed by atoms with Crippen LogP contribution >= 0.6 is 0 Å². The maximum atomic E-state index is 11.8. The lowest BCUT2D eigenvalue weighted by atomic mass is 9.86. The minimum absolute atomic E-state index is 0.127. The van der Waals surface area contributed by atoms with Gasteiger partial charge in [-0.05, 0) is 42.9 Å². The fourth-order valence-electron chi connectivity index (χ4n) is 3.39. The highest BCUT2D eigenvalue weighted by molar-refractivity contribution is 5.76. The van der Waals surface area contributed by atoms with E-state index in [1.807, 2.05) is 13.8 Å². The Labute approximate surface area is 104 Å². The smallest absolute Gasteiger partial charge is 0.220 e. The third kappa shape index (κ3) is 3.21. The van der Waals surface area contributed by atoms with Crippen LogP contribution in [0.1, 0.15) is 46.0 Å². The first-order valence-corrected chi connectivity index (χ1v) is 7.01. The number of aliphatic hydroxyl groups excluding tert-OH is 1. The molecule has 2 aliphatic carbocycles. The second-order valence-corrected chi connectivity index (χ2v) is 6.25.